The molecule has 148 valence electrons. The van der Waals surface area contributed by atoms with Crippen LogP contribution in [0.1, 0.15) is 5.82 Å². The number of nitrogens with zero attached hydrogens (tertiary/aromatic N) is 3. The minimum atomic E-state index is 0.392. The van der Waals surface area contributed by atoms with Crippen molar-refractivity contribution in [1.82, 2.24) is 19.9 Å². The molecule has 0 radical (unpaired) electrons. The van der Waals surface area contributed by atoms with Crippen LogP contribution in [-0.2, 0) is 6.54 Å². The van der Waals surface area contributed by atoms with E-state index in [1.807, 2.05) is 30.5 Å². The molecule has 2 N–H and O–H groups in total. The first-order valence-electron chi connectivity index (χ1n) is 8.76. The molecule has 9 heteroatoms. The first-order valence-corrected chi connectivity index (χ1v) is 10.4. The fraction of sp³-hybridized carbons (Fsp3) is 0.150. The summed E-state index contributed by atoms with van der Waals surface area (Å²) in [5.74, 6) is 2.98. The van der Waals surface area contributed by atoms with E-state index in [9.17, 15) is 0 Å². The van der Waals surface area contributed by atoms with Crippen molar-refractivity contribution in [3.8, 4) is 17.4 Å². The number of benzene rings is 2. The largest absolute Gasteiger partial charge is 0.497 e. The third-order valence-electron chi connectivity index (χ3n) is 4.09. The number of hydrogen-bond donors (Lipinski definition) is 2. The molecule has 29 heavy (non-hydrogen) atoms. The Kier molecular flexibility index (Phi) is 5.73. The Morgan fingerprint density at radius 1 is 1.10 bits per heavy atom. The van der Waals surface area contributed by atoms with Crippen LogP contribution in [0.25, 0.3) is 11.0 Å². The van der Waals surface area contributed by atoms with E-state index in [-0.39, 0.29) is 0 Å². The standard InChI is InChI=1S/C20H18ClN5O2S/c1-27-12-7-8-16(13(21)9-12)28-19-10-17(25-20(26-19)29-2)22-11-18-23-14-5-3-4-6-15(14)24-18/h3-10H,11H2,1-2H3,(H,23,24)(H,22,25,26). The van der Waals surface area contributed by atoms with Gasteiger partial charge in [-0.1, -0.05) is 35.5 Å². The van der Waals surface area contributed by atoms with E-state index in [4.69, 9.17) is 21.1 Å². The summed E-state index contributed by atoms with van der Waals surface area (Å²) < 4.78 is 11.0. The van der Waals surface area contributed by atoms with Gasteiger partial charge in [0.15, 0.2) is 5.16 Å². The second-order valence-corrected chi connectivity index (χ2v) is 7.21. The Morgan fingerprint density at radius 3 is 2.72 bits per heavy atom. The predicted octanol–water partition coefficient (Wildman–Crippen LogP) is 5.14. The van der Waals surface area contributed by atoms with Crippen molar-refractivity contribution in [1.29, 1.82) is 0 Å². The monoisotopic (exact) mass is 427 g/mol. The number of aromatic amines is 1. The summed E-state index contributed by atoms with van der Waals surface area (Å²) in [5, 5.41) is 4.28. The SMILES string of the molecule is COc1ccc(Oc2cc(NCc3nc4ccccc4[nH]3)nc(SC)n2)c(Cl)c1. The molecule has 4 aromatic rings. The lowest BCUT2D eigenvalue weighted by Gasteiger charge is -2.11. The van der Waals surface area contributed by atoms with Gasteiger partial charge in [0.2, 0.25) is 5.88 Å². The molecule has 4 rings (SSSR count). The van der Waals surface area contributed by atoms with Crippen molar-refractivity contribution in [3.63, 3.8) is 0 Å². The first-order chi connectivity index (χ1) is 14.1. The summed E-state index contributed by atoms with van der Waals surface area (Å²) in [7, 11) is 1.58. The number of fused-ring (bicyclic) bond motifs is 1. The minimum absolute atomic E-state index is 0.392. The molecule has 2 aromatic carbocycles. The second kappa shape index (κ2) is 8.59. The Hall–Kier alpha value is -2.97. The van der Waals surface area contributed by atoms with Gasteiger partial charge in [0, 0.05) is 12.1 Å². The highest BCUT2D eigenvalue weighted by atomic mass is 35.5. The molecule has 0 aliphatic carbocycles. The van der Waals surface area contributed by atoms with Crippen LogP contribution in [0.15, 0.2) is 53.7 Å². The van der Waals surface area contributed by atoms with E-state index in [0.717, 1.165) is 16.9 Å². The zero-order valence-electron chi connectivity index (χ0n) is 15.8. The number of aromatic nitrogens is 4. The summed E-state index contributed by atoms with van der Waals surface area (Å²) in [6, 6.07) is 14.8. The maximum Gasteiger partial charge on any atom is 0.225 e. The lowest BCUT2D eigenvalue weighted by atomic mass is 10.3. The van der Waals surface area contributed by atoms with Crippen LogP contribution in [0, 0.1) is 0 Å². The molecular weight excluding hydrogens is 410 g/mol. The quantitative estimate of drug-likeness (QED) is 0.312. The van der Waals surface area contributed by atoms with Crippen molar-refractivity contribution >= 4 is 40.2 Å². The zero-order chi connectivity index (χ0) is 20.2. The molecule has 0 fully saturated rings. The second-order valence-electron chi connectivity index (χ2n) is 6.03. The molecule has 0 saturated heterocycles. The molecule has 2 heterocycles. The number of H-pyrrole nitrogens is 1. The van der Waals surface area contributed by atoms with Crippen LogP contribution in [0.4, 0.5) is 5.82 Å². The molecule has 0 amide bonds. The van der Waals surface area contributed by atoms with Crippen LogP contribution in [0.3, 0.4) is 0 Å². The van der Waals surface area contributed by atoms with Gasteiger partial charge < -0.3 is 19.8 Å². The molecular formula is C20H18ClN5O2S. The van der Waals surface area contributed by atoms with Crippen LogP contribution >= 0.6 is 23.4 Å². The van der Waals surface area contributed by atoms with Crippen molar-refractivity contribution in [3.05, 3.63) is 59.4 Å². The Labute approximate surface area is 176 Å². The molecule has 2 aromatic heterocycles. The summed E-state index contributed by atoms with van der Waals surface area (Å²) in [6.45, 7) is 0.488. The van der Waals surface area contributed by atoms with Crippen LogP contribution in [0.2, 0.25) is 5.02 Å². The van der Waals surface area contributed by atoms with E-state index >= 15 is 0 Å². The average molecular weight is 428 g/mol. The number of anilines is 1. The van der Waals surface area contributed by atoms with E-state index in [0.29, 0.717) is 39.9 Å². The highest BCUT2D eigenvalue weighted by Gasteiger charge is 2.10. The summed E-state index contributed by atoms with van der Waals surface area (Å²) in [6.07, 6.45) is 1.91. The van der Waals surface area contributed by atoms with Crippen LogP contribution in [0.5, 0.6) is 17.4 Å². The first kappa shape index (κ1) is 19.4. The topological polar surface area (TPSA) is 85.0 Å². The molecule has 0 saturated carbocycles. The van der Waals surface area contributed by atoms with Gasteiger partial charge in [-0.2, -0.15) is 4.98 Å². The average Bonchev–Trinajstić information content (AvgIpc) is 3.16. The number of rotatable bonds is 7. The van der Waals surface area contributed by atoms with Crippen molar-refractivity contribution in [2.75, 3.05) is 18.7 Å². The highest BCUT2D eigenvalue weighted by molar-refractivity contribution is 7.98. The molecule has 0 unspecified atom stereocenters. The summed E-state index contributed by atoms with van der Waals surface area (Å²) in [5.41, 5.74) is 1.92. The third-order valence-corrected chi connectivity index (χ3v) is 4.94. The maximum atomic E-state index is 6.27. The van der Waals surface area contributed by atoms with Gasteiger partial charge in [-0.25, -0.2) is 9.97 Å². The third kappa shape index (κ3) is 4.55. The predicted molar refractivity (Wildman–Crippen MR) is 115 cm³/mol. The number of thioether (sulfide) groups is 1. The number of imidazole rings is 1. The fourth-order valence-electron chi connectivity index (χ4n) is 2.71. The number of para-hydroxylation sites is 2. The molecule has 0 aliphatic rings. The molecule has 0 spiro atoms. The molecule has 0 aliphatic heterocycles. The number of methoxy groups -OCH3 is 1. The Bertz CT molecular complexity index is 1120. The molecule has 0 bridgehead atoms. The number of ether oxygens (including phenoxy) is 2. The van der Waals surface area contributed by atoms with E-state index in [1.165, 1.54) is 11.8 Å². The van der Waals surface area contributed by atoms with E-state index < -0.39 is 0 Å². The molecule has 0 atom stereocenters. The van der Waals surface area contributed by atoms with Gasteiger partial charge in [-0.15, -0.1) is 0 Å². The van der Waals surface area contributed by atoms with Crippen LogP contribution in [-0.4, -0.2) is 33.3 Å². The normalized spacial score (nSPS) is 10.9. The summed E-state index contributed by atoms with van der Waals surface area (Å²) in [4.78, 5) is 16.7. The van der Waals surface area contributed by atoms with Gasteiger partial charge in [0.05, 0.1) is 29.7 Å². The lowest BCUT2D eigenvalue weighted by molar-refractivity contribution is 0.412. The fourth-order valence-corrected chi connectivity index (χ4v) is 3.29. The van der Waals surface area contributed by atoms with Gasteiger partial charge in [0.25, 0.3) is 0 Å². The van der Waals surface area contributed by atoms with Gasteiger partial charge >= 0.3 is 0 Å². The number of nitrogens with one attached hydrogen (secondary N) is 2. The zero-order valence-corrected chi connectivity index (χ0v) is 17.3. The van der Waals surface area contributed by atoms with Crippen LogP contribution < -0.4 is 14.8 Å². The highest BCUT2D eigenvalue weighted by Crippen LogP contribution is 2.32. The molecule has 7 nitrogen and oxygen atoms in total. The van der Waals surface area contributed by atoms with Crippen molar-refractivity contribution < 1.29 is 9.47 Å². The number of halogens is 1. The Morgan fingerprint density at radius 2 is 1.97 bits per heavy atom. The Balaban J connectivity index is 1.53. The van der Waals surface area contributed by atoms with Crippen molar-refractivity contribution in [2.45, 2.75) is 11.7 Å². The van der Waals surface area contributed by atoms with Gasteiger partial charge in [0.1, 0.15) is 23.1 Å². The van der Waals surface area contributed by atoms with Crippen molar-refractivity contribution in [2.24, 2.45) is 0 Å². The number of hydrogen-bond acceptors (Lipinski definition) is 7. The maximum absolute atomic E-state index is 6.27. The van der Waals surface area contributed by atoms with Gasteiger partial charge in [-0.3, -0.25) is 0 Å². The minimum Gasteiger partial charge on any atom is -0.497 e. The van der Waals surface area contributed by atoms with E-state index in [2.05, 4.69) is 25.3 Å². The van der Waals surface area contributed by atoms with Gasteiger partial charge in [-0.05, 0) is 30.5 Å². The summed E-state index contributed by atoms with van der Waals surface area (Å²) >= 11 is 7.69. The smallest absolute Gasteiger partial charge is 0.225 e. The lowest BCUT2D eigenvalue weighted by Crippen LogP contribution is -2.05. The van der Waals surface area contributed by atoms with E-state index in [1.54, 1.807) is 31.4 Å².